The van der Waals surface area contributed by atoms with Gasteiger partial charge in [-0.1, -0.05) is 32.0 Å². The van der Waals surface area contributed by atoms with Crippen LogP contribution in [0.25, 0.3) is 0 Å². The van der Waals surface area contributed by atoms with E-state index in [9.17, 15) is 9.59 Å². The topological polar surface area (TPSA) is 83.4 Å². The van der Waals surface area contributed by atoms with Crippen LogP contribution in [0.4, 0.5) is 10.5 Å². The molecule has 1 atom stereocenters. The Hall–Kier alpha value is -2.76. The fraction of sp³-hybridized carbons (Fsp3) is 0.294. The summed E-state index contributed by atoms with van der Waals surface area (Å²) in [5.41, 5.74) is 0.670. The van der Waals surface area contributed by atoms with Crippen LogP contribution in [0.1, 0.15) is 19.6 Å². The zero-order valence-electron chi connectivity index (χ0n) is 13.2. The molecule has 0 aliphatic rings. The lowest BCUT2D eigenvalue weighted by Crippen LogP contribution is -2.50. The number of para-hydroxylation sites is 1. The van der Waals surface area contributed by atoms with Gasteiger partial charge in [-0.2, -0.15) is 0 Å². The fourth-order valence-corrected chi connectivity index (χ4v) is 2.06. The molecule has 0 saturated carbocycles. The van der Waals surface area contributed by atoms with Crippen LogP contribution in [0.5, 0.6) is 0 Å². The van der Waals surface area contributed by atoms with Gasteiger partial charge in [0.05, 0.1) is 12.8 Å². The van der Waals surface area contributed by atoms with E-state index in [-0.39, 0.29) is 18.4 Å². The molecule has 0 fully saturated rings. The van der Waals surface area contributed by atoms with Crippen LogP contribution >= 0.6 is 0 Å². The molecule has 1 aromatic heterocycles. The smallest absolute Gasteiger partial charge is 0.319 e. The lowest BCUT2D eigenvalue weighted by Gasteiger charge is -2.21. The first-order chi connectivity index (χ1) is 11.1. The van der Waals surface area contributed by atoms with Crippen LogP contribution < -0.4 is 16.0 Å². The van der Waals surface area contributed by atoms with Crippen molar-refractivity contribution in [3.8, 4) is 0 Å². The van der Waals surface area contributed by atoms with Crippen molar-refractivity contribution in [3.05, 3.63) is 54.5 Å². The van der Waals surface area contributed by atoms with Gasteiger partial charge < -0.3 is 20.4 Å². The molecular formula is C17H21N3O3. The van der Waals surface area contributed by atoms with Crippen LogP contribution in [0.2, 0.25) is 0 Å². The van der Waals surface area contributed by atoms with Gasteiger partial charge in [0.25, 0.3) is 0 Å². The number of rotatable bonds is 6. The van der Waals surface area contributed by atoms with Crippen LogP contribution in [0.15, 0.2) is 53.1 Å². The predicted octanol–water partition coefficient (Wildman–Crippen LogP) is 2.74. The number of anilines is 1. The maximum absolute atomic E-state index is 12.3. The van der Waals surface area contributed by atoms with E-state index >= 15 is 0 Å². The molecule has 1 aromatic carbocycles. The molecule has 1 heterocycles. The van der Waals surface area contributed by atoms with Crippen molar-refractivity contribution in [3.63, 3.8) is 0 Å². The van der Waals surface area contributed by atoms with Gasteiger partial charge in [0.15, 0.2) is 0 Å². The second-order valence-electron chi connectivity index (χ2n) is 5.48. The van der Waals surface area contributed by atoms with E-state index in [0.717, 1.165) is 0 Å². The van der Waals surface area contributed by atoms with E-state index < -0.39 is 12.1 Å². The number of hydrogen-bond acceptors (Lipinski definition) is 3. The lowest BCUT2D eigenvalue weighted by atomic mass is 10.0. The summed E-state index contributed by atoms with van der Waals surface area (Å²) in [6.07, 6.45) is 1.55. The Balaban J connectivity index is 1.89. The highest BCUT2D eigenvalue weighted by molar-refractivity contribution is 5.93. The number of carbonyl (C=O) groups excluding carboxylic acids is 2. The van der Waals surface area contributed by atoms with Crippen LogP contribution in [-0.2, 0) is 11.3 Å². The number of urea groups is 1. The summed E-state index contributed by atoms with van der Waals surface area (Å²) in [4.78, 5) is 24.3. The van der Waals surface area contributed by atoms with E-state index in [2.05, 4.69) is 16.0 Å². The molecule has 0 saturated heterocycles. The Morgan fingerprint density at radius 3 is 2.43 bits per heavy atom. The average Bonchev–Trinajstić information content (AvgIpc) is 3.04. The summed E-state index contributed by atoms with van der Waals surface area (Å²) in [6.45, 7) is 4.04. The number of amides is 3. The molecule has 2 rings (SSSR count). The zero-order chi connectivity index (χ0) is 16.7. The SMILES string of the molecule is CC(C)C(NC(=O)Nc1ccccc1)C(=O)NCc1ccco1. The number of nitrogens with one attached hydrogen (secondary N) is 3. The Bertz CT molecular complexity index is 624. The van der Waals surface area contributed by atoms with Gasteiger partial charge in [-0.05, 0) is 30.2 Å². The highest BCUT2D eigenvalue weighted by atomic mass is 16.3. The largest absolute Gasteiger partial charge is 0.467 e. The third kappa shape index (κ3) is 5.18. The van der Waals surface area contributed by atoms with Crippen molar-refractivity contribution in [2.45, 2.75) is 26.4 Å². The van der Waals surface area contributed by atoms with E-state index in [1.807, 2.05) is 32.0 Å². The van der Waals surface area contributed by atoms with Gasteiger partial charge in [-0.15, -0.1) is 0 Å². The number of benzene rings is 1. The highest BCUT2D eigenvalue weighted by Crippen LogP contribution is 2.07. The molecule has 1 unspecified atom stereocenters. The number of carbonyl (C=O) groups is 2. The minimum atomic E-state index is -0.631. The summed E-state index contributed by atoms with van der Waals surface area (Å²) in [7, 11) is 0. The molecule has 122 valence electrons. The summed E-state index contributed by atoms with van der Waals surface area (Å²) in [6, 6.07) is 11.6. The van der Waals surface area contributed by atoms with Gasteiger partial charge in [0.1, 0.15) is 11.8 Å². The molecule has 2 aromatic rings. The van der Waals surface area contributed by atoms with Crippen molar-refractivity contribution < 1.29 is 14.0 Å². The predicted molar refractivity (Wildman–Crippen MR) is 87.8 cm³/mol. The molecule has 0 radical (unpaired) electrons. The molecular weight excluding hydrogens is 294 g/mol. The molecule has 0 aliphatic heterocycles. The van der Waals surface area contributed by atoms with Crippen molar-refractivity contribution in [2.24, 2.45) is 5.92 Å². The average molecular weight is 315 g/mol. The summed E-state index contributed by atoms with van der Waals surface area (Å²) in [5.74, 6) is 0.363. The van der Waals surface area contributed by atoms with E-state index in [1.165, 1.54) is 0 Å². The van der Waals surface area contributed by atoms with E-state index in [4.69, 9.17) is 4.42 Å². The number of hydrogen-bond donors (Lipinski definition) is 3. The standard InChI is InChI=1S/C17H21N3O3/c1-12(2)15(16(21)18-11-14-9-6-10-23-14)20-17(22)19-13-7-4-3-5-8-13/h3-10,12,15H,11H2,1-2H3,(H,18,21)(H2,19,20,22). The van der Waals surface area contributed by atoms with E-state index in [0.29, 0.717) is 11.4 Å². The van der Waals surface area contributed by atoms with Crippen molar-refractivity contribution in [2.75, 3.05) is 5.32 Å². The Morgan fingerprint density at radius 2 is 1.83 bits per heavy atom. The quantitative estimate of drug-likeness (QED) is 0.766. The van der Waals surface area contributed by atoms with Gasteiger partial charge in [-0.25, -0.2) is 4.79 Å². The number of furan rings is 1. The van der Waals surface area contributed by atoms with Crippen LogP contribution in [0.3, 0.4) is 0 Å². The van der Waals surface area contributed by atoms with Gasteiger partial charge in [0, 0.05) is 5.69 Å². The second-order valence-corrected chi connectivity index (χ2v) is 5.48. The van der Waals surface area contributed by atoms with Crippen molar-refractivity contribution in [1.82, 2.24) is 10.6 Å². The first kappa shape index (κ1) is 16.6. The minimum absolute atomic E-state index is 0.0480. The van der Waals surface area contributed by atoms with E-state index in [1.54, 1.807) is 30.5 Å². The first-order valence-electron chi connectivity index (χ1n) is 7.49. The van der Waals surface area contributed by atoms with Gasteiger partial charge >= 0.3 is 6.03 Å². The van der Waals surface area contributed by atoms with Crippen molar-refractivity contribution in [1.29, 1.82) is 0 Å². The summed E-state index contributed by atoms with van der Waals surface area (Å²) in [5, 5.41) is 8.17. The normalized spacial score (nSPS) is 11.8. The second kappa shape index (κ2) is 8.03. The van der Waals surface area contributed by atoms with Gasteiger partial charge in [0.2, 0.25) is 5.91 Å². The lowest BCUT2D eigenvalue weighted by molar-refractivity contribution is -0.124. The third-order valence-corrected chi connectivity index (χ3v) is 3.28. The molecule has 3 amide bonds. The monoisotopic (exact) mass is 315 g/mol. The molecule has 0 aliphatic carbocycles. The molecule has 6 heteroatoms. The maximum atomic E-state index is 12.3. The molecule has 0 spiro atoms. The molecule has 0 bridgehead atoms. The third-order valence-electron chi connectivity index (χ3n) is 3.28. The zero-order valence-corrected chi connectivity index (χ0v) is 13.2. The van der Waals surface area contributed by atoms with Crippen LogP contribution in [-0.4, -0.2) is 18.0 Å². The Kier molecular flexibility index (Phi) is 5.80. The fourth-order valence-electron chi connectivity index (χ4n) is 2.06. The summed E-state index contributed by atoms with van der Waals surface area (Å²) < 4.78 is 5.17. The maximum Gasteiger partial charge on any atom is 0.319 e. The summed E-state index contributed by atoms with van der Waals surface area (Å²) >= 11 is 0. The molecule has 3 N–H and O–H groups in total. The highest BCUT2D eigenvalue weighted by Gasteiger charge is 2.24. The minimum Gasteiger partial charge on any atom is -0.467 e. The Labute approximate surface area is 135 Å². The van der Waals surface area contributed by atoms with Crippen LogP contribution in [0, 0.1) is 5.92 Å². The molecule has 23 heavy (non-hydrogen) atoms. The first-order valence-corrected chi connectivity index (χ1v) is 7.49. The Morgan fingerprint density at radius 1 is 1.09 bits per heavy atom. The van der Waals surface area contributed by atoms with Gasteiger partial charge in [-0.3, -0.25) is 4.79 Å². The van der Waals surface area contributed by atoms with Crippen molar-refractivity contribution >= 4 is 17.6 Å². The molecule has 6 nitrogen and oxygen atoms in total.